The topological polar surface area (TPSA) is 107 Å². The van der Waals surface area contributed by atoms with Crippen LogP contribution in [0.25, 0.3) is 0 Å². The number of unbranched alkanes of at least 4 members (excludes halogenated alkanes) is 3. The van der Waals surface area contributed by atoms with Crippen LogP contribution in [-0.2, 0) is 12.8 Å². The van der Waals surface area contributed by atoms with Crippen molar-refractivity contribution in [1.29, 1.82) is 0 Å². The molecule has 1 aromatic heterocycles. The van der Waals surface area contributed by atoms with E-state index in [2.05, 4.69) is 15.3 Å². The monoisotopic (exact) mass is 372 g/mol. The second-order valence-corrected chi connectivity index (χ2v) is 7.59. The lowest BCUT2D eigenvalue weighted by molar-refractivity contribution is 0.380. The second kappa shape index (κ2) is 9.76. The van der Waals surface area contributed by atoms with Gasteiger partial charge in [-0.1, -0.05) is 25.3 Å². The van der Waals surface area contributed by atoms with Crippen LogP contribution >= 0.6 is 0 Å². The van der Waals surface area contributed by atoms with Crippen molar-refractivity contribution < 1.29 is 10.2 Å². The summed E-state index contributed by atoms with van der Waals surface area (Å²) in [5.41, 5.74) is 9.55. The minimum Gasteiger partial charge on any atom is -0.504 e. The van der Waals surface area contributed by atoms with Crippen molar-refractivity contribution in [3.63, 3.8) is 0 Å². The van der Waals surface area contributed by atoms with Gasteiger partial charge in [0.15, 0.2) is 11.5 Å². The van der Waals surface area contributed by atoms with Crippen LogP contribution in [-0.4, -0.2) is 39.3 Å². The zero-order valence-electron chi connectivity index (χ0n) is 16.0. The molecule has 0 saturated heterocycles. The van der Waals surface area contributed by atoms with Crippen molar-refractivity contribution in [3.8, 4) is 11.5 Å². The zero-order chi connectivity index (χ0) is 19.1. The minimum absolute atomic E-state index is 0.0250. The van der Waals surface area contributed by atoms with Crippen molar-refractivity contribution in [2.45, 2.75) is 63.3 Å². The van der Waals surface area contributed by atoms with E-state index in [1.54, 1.807) is 12.4 Å². The molecule has 148 valence electrons. The molecule has 0 radical (unpaired) electrons. The molecule has 6 N–H and O–H groups in total. The molecular weight excluding hydrogens is 340 g/mol. The van der Waals surface area contributed by atoms with Gasteiger partial charge in [0.25, 0.3) is 0 Å². The number of phenols is 2. The van der Waals surface area contributed by atoms with Gasteiger partial charge < -0.3 is 26.2 Å². The number of benzene rings is 1. The highest BCUT2D eigenvalue weighted by Gasteiger charge is 2.29. The Labute approximate surface area is 161 Å². The van der Waals surface area contributed by atoms with Gasteiger partial charge in [-0.2, -0.15) is 0 Å². The molecule has 6 nitrogen and oxygen atoms in total. The molecule has 27 heavy (non-hydrogen) atoms. The molecule has 3 rings (SSSR count). The van der Waals surface area contributed by atoms with Crippen LogP contribution in [0.5, 0.6) is 11.5 Å². The van der Waals surface area contributed by atoms with Gasteiger partial charge in [-0.05, 0) is 49.8 Å². The van der Waals surface area contributed by atoms with Crippen LogP contribution in [0.4, 0.5) is 0 Å². The molecule has 2 atom stereocenters. The summed E-state index contributed by atoms with van der Waals surface area (Å²) in [7, 11) is 0. The maximum atomic E-state index is 10.1. The summed E-state index contributed by atoms with van der Waals surface area (Å²) >= 11 is 0. The summed E-state index contributed by atoms with van der Waals surface area (Å²) in [6.45, 7) is 2.03. The largest absolute Gasteiger partial charge is 0.504 e. The fourth-order valence-electron chi connectivity index (χ4n) is 4.10. The molecule has 0 fully saturated rings. The molecule has 1 aromatic carbocycles. The van der Waals surface area contributed by atoms with Crippen LogP contribution in [0.1, 0.15) is 61.3 Å². The lowest BCUT2D eigenvalue weighted by Crippen LogP contribution is -2.33. The third-order valence-corrected chi connectivity index (χ3v) is 5.69. The number of nitrogens with two attached hydrogens (primary N) is 1. The Morgan fingerprint density at radius 1 is 1.15 bits per heavy atom. The molecule has 0 amide bonds. The molecule has 2 aromatic rings. The van der Waals surface area contributed by atoms with Crippen molar-refractivity contribution >= 4 is 0 Å². The number of fused-ring (bicyclic) bond motifs is 1. The Hall–Kier alpha value is -2.05. The van der Waals surface area contributed by atoms with Crippen LogP contribution in [0.15, 0.2) is 24.7 Å². The van der Waals surface area contributed by atoms with E-state index in [1.165, 1.54) is 25.0 Å². The van der Waals surface area contributed by atoms with Gasteiger partial charge in [-0.25, -0.2) is 4.98 Å². The van der Waals surface area contributed by atoms with Crippen LogP contribution in [0.2, 0.25) is 0 Å². The van der Waals surface area contributed by atoms with Crippen LogP contribution in [0.3, 0.4) is 0 Å². The fraction of sp³-hybridized carbons (Fsp3) is 0.571. The number of nitrogens with zero attached hydrogens (tertiary/aromatic N) is 1. The minimum atomic E-state index is -0.0250. The average molecular weight is 373 g/mol. The standard InChI is InChI=1S/C21H32N4O2/c22-19-8-6-18-16(7-9-20(26)21(18)27)17(19)5-3-1-2-4-11-23-12-10-15-13-24-14-25-15/h7,9,13-14,17,19,23,26-27H,1-6,8,10-12,22H2,(H,24,25). The molecular formula is C21H32N4O2. The van der Waals surface area contributed by atoms with Gasteiger partial charge in [0, 0.05) is 36.5 Å². The van der Waals surface area contributed by atoms with Crippen molar-refractivity contribution in [2.24, 2.45) is 5.73 Å². The smallest absolute Gasteiger partial charge is 0.160 e. The first kappa shape index (κ1) is 19.7. The molecule has 2 unspecified atom stereocenters. The second-order valence-electron chi connectivity index (χ2n) is 7.59. The average Bonchev–Trinajstić information content (AvgIpc) is 3.18. The summed E-state index contributed by atoms with van der Waals surface area (Å²) in [6, 6.07) is 3.68. The van der Waals surface area contributed by atoms with Gasteiger partial charge in [0.1, 0.15) is 0 Å². The Kier molecular flexibility index (Phi) is 7.12. The number of imidazole rings is 1. The van der Waals surface area contributed by atoms with E-state index in [4.69, 9.17) is 5.73 Å². The van der Waals surface area contributed by atoms with E-state index < -0.39 is 0 Å². The summed E-state index contributed by atoms with van der Waals surface area (Å²) in [5.74, 6) is 0.307. The Morgan fingerprint density at radius 3 is 2.81 bits per heavy atom. The maximum Gasteiger partial charge on any atom is 0.160 e. The lowest BCUT2D eigenvalue weighted by Gasteiger charge is -2.32. The van der Waals surface area contributed by atoms with Crippen molar-refractivity contribution in [2.75, 3.05) is 13.1 Å². The first-order chi connectivity index (χ1) is 13.2. The van der Waals surface area contributed by atoms with E-state index in [-0.39, 0.29) is 23.5 Å². The summed E-state index contributed by atoms with van der Waals surface area (Å²) < 4.78 is 0. The maximum absolute atomic E-state index is 10.1. The van der Waals surface area contributed by atoms with Gasteiger partial charge >= 0.3 is 0 Å². The van der Waals surface area contributed by atoms with Gasteiger partial charge in [-0.3, -0.25) is 0 Å². The lowest BCUT2D eigenvalue weighted by atomic mass is 9.76. The predicted octanol–water partition coefficient (Wildman–Crippen LogP) is 2.96. The van der Waals surface area contributed by atoms with E-state index in [0.29, 0.717) is 0 Å². The van der Waals surface area contributed by atoms with Crippen molar-refractivity contribution in [1.82, 2.24) is 15.3 Å². The number of aromatic hydroxyl groups is 2. The first-order valence-electron chi connectivity index (χ1n) is 10.1. The Morgan fingerprint density at radius 2 is 2.00 bits per heavy atom. The number of aromatic nitrogens is 2. The number of aromatic amines is 1. The molecule has 1 heterocycles. The Balaban J connectivity index is 1.33. The molecule has 0 bridgehead atoms. The zero-order valence-corrected chi connectivity index (χ0v) is 16.0. The molecule has 6 heteroatoms. The summed E-state index contributed by atoms with van der Waals surface area (Å²) in [5, 5.41) is 23.3. The van der Waals surface area contributed by atoms with Crippen LogP contribution in [0, 0.1) is 0 Å². The molecule has 0 aliphatic heterocycles. The molecule has 1 aliphatic carbocycles. The van der Waals surface area contributed by atoms with E-state index in [0.717, 1.165) is 56.3 Å². The SMILES string of the molecule is NC1CCc2c(ccc(O)c2O)C1CCCCCCNCCc1cnc[nH]1. The van der Waals surface area contributed by atoms with Gasteiger partial charge in [0.05, 0.1) is 6.33 Å². The normalized spacial score (nSPS) is 19.1. The van der Waals surface area contributed by atoms with Crippen LogP contribution < -0.4 is 11.1 Å². The number of hydrogen-bond acceptors (Lipinski definition) is 5. The van der Waals surface area contributed by atoms with Gasteiger partial charge in [0.2, 0.25) is 0 Å². The third-order valence-electron chi connectivity index (χ3n) is 5.69. The number of nitrogens with one attached hydrogen (secondary N) is 2. The molecule has 0 spiro atoms. The highest BCUT2D eigenvalue weighted by atomic mass is 16.3. The Bertz CT molecular complexity index is 702. The van der Waals surface area contributed by atoms with E-state index >= 15 is 0 Å². The van der Waals surface area contributed by atoms with E-state index in [9.17, 15) is 10.2 Å². The number of rotatable bonds is 10. The summed E-state index contributed by atoms with van der Waals surface area (Å²) in [6.07, 6.45) is 12.0. The molecule has 0 saturated carbocycles. The highest BCUT2D eigenvalue weighted by molar-refractivity contribution is 5.51. The van der Waals surface area contributed by atoms with E-state index in [1.807, 2.05) is 12.3 Å². The van der Waals surface area contributed by atoms with Gasteiger partial charge in [-0.15, -0.1) is 0 Å². The quantitative estimate of drug-likeness (QED) is 0.326. The first-order valence-corrected chi connectivity index (χ1v) is 10.1. The summed E-state index contributed by atoms with van der Waals surface area (Å²) in [4.78, 5) is 7.13. The van der Waals surface area contributed by atoms with Crippen molar-refractivity contribution in [3.05, 3.63) is 41.5 Å². The third kappa shape index (κ3) is 5.23. The fourth-order valence-corrected chi connectivity index (χ4v) is 4.10. The molecule has 1 aliphatic rings. The highest BCUT2D eigenvalue weighted by Crippen LogP contribution is 2.42. The number of hydrogen-bond donors (Lipinski definition) is 5. The predicted molar refractivity (Wildman–Crippen MR) is 107 cm³/mol. The number of phenolic OH excluding ortho intramolecular Hbond substituents is 2. The number of H-pyrrole nitrogens is 1.